The number of hydrogen-bond acceptors (Lipinski definition) is 6. The topological polar surface area (TPSA) is 61.8 Å². The van der Waals surface area contributed by atoms with Crippen LogP contribution in [0.4, 0.5) is 0 Å². The molecule has 0 amide bonds. The van der Waals surface area contributed by atoms with Crippen LogP contribution in [0.5, 0.6) is 17.2 Å². The van der Waals surface area contributed by atoms with Crippen LogP contribution in [0.15, 0.2) is 53.6 Å². The van der Waals surface area contributed by atoms with E-state index in [1.807, 2.05) is 18.4 Å². The van der Waals surface area contributed by atoms with E-state index in [1.54, 1.807) is 60.7 Å². The van der Waals surface area contributed by atoms with E-state index in [1.165, 1.54) is 7.11 Å². The van der Waals surface area contributed by atoms with E-state index in [9.17, 15) is 9.59 Å². The quantitative estimate of drug-likeness (QED) is 0.338. The van der Waals surface area contributed by atoms with Crippen LogP contribution in [0.25, 0.3) is 6.08 Å². The van der Waals surface area contributed by atoms with Crippen molar-refractivity contribution in [1.29, 1.82) is 0 Å². The van der Waals surface area contributed by atoms with Gasteiger partial charge in [0.15, 0.2) is 5.76 Å². The van der Waals surface area contributed by atoms with Crippen molar-refractivity contribution >= 4 is 29.2 Å². The Hall–Kier alpha value is -3.38. The summed E-state index contributed by atoms with van der Waals surface area (Å²) in [6.45, 7) is 3.77. The fourth-order valence-electron chi connectivity index (χ4n) is 3.16. The van der Waals surface area contributed by atoms with Gasteiger partial charge in [-0.1, -0.05) is 12.1 Å². The first-order valence-corrected chi connectivity index (χ1v) is 9.84. The van der Waals surface area contributed by atoms with Crippen LogP contribution in [0, 0.1) is 13.8 Å². The molecule has 2 aromatic carbocycles. The van der Waals surface area contributed by atoms with Crippen molar-refractivity contribution in [2.24, 2.45) is 0 Å². The molecule has 3 aromatic rings. The van der Waals surface area contributed by atoms with Crippen molar-refractivity contribution in [3.05, 3.63) is 80.7 Å². The summed E-state index contributed by atoms with van der Waals surface area (Å²) < 4.78 is 16.5. The van der Waals surface area contributed by atoms with Crippen LogP contribution in [-0.4, -0.2) is 18.9 Å². The summed E-state index contributed by atoms with van der Waals surface area (Å²) in [7, 11) is 1.49. The van der Waals surface area contributed by atoms with Crippen molar-refractivity contribution < 1.29 is 23.8 Å². The van der Waals surface area contributed by atoms with Crippen LogP contribution in [-0.2, 0) is 0 Å². The summed E-state index contributed by atoms with van der Waals surface area (Å²) in [6, 6.07) is 12.0. The fraction of sp³-hybridized carbons (Fsp3) is 0.130. The number of allylic oxidation sites excluding steroid dienone is 1. The van der Waals surface area contributed by atoms with Gasteiger partial charge in [-0.2, -0.15) is 0 Å². The smallest absolute Gasteiger partial charge is 0.347 e. The van der Waals surface area contributed by atoms with Crippen molar-refractivity contribution in [3.8, 4) is 17.2 Å². The minimum absolute atomic E-state index is 0.173. The number of para-hydroxylation sites is 1. The maximum Gasteiger partial charge on any atom is 0.347 e. The molecule has 0 bridgehead atoms. The Labute approximate surface area is 172 Å². The zero-order valence-electron chi connectivity index (χ0n) is 16.1. The van der Waals surface area contributed by atoms with Crippen LogP contribution in [0.2, 0.25) is 0 Å². The van der Waals surface area contributed by atoms with Crippen LogP contribution in [0.3, 0.4) is 0 Å². The highest BCUT2D eigenvalue weighted by molar-refractivity contribution is 7.11. The summed E-state index contributed by atoms with van der Waals surface area (Å²) in [4.78, 5) is 26.3. The van der Waals surface area contributed by atoms with Gasteiger partial charge in [-0.05, 0) is 54.6 Å². The minimum Gasteiger partial charge on any atom is -0.496 e. The maximum atomic E-state index is 12.8. The second kappa shape index (κ2) is 7.56. The summed E-state index contributed by atoms with van der Waals surface area (Å²) in [5, 5.41) is 1.97. The van der Waals surface area contributed by atoms with Gasteiger partial charge in [-0.3, -0.25) is 4.79 Å². The number of benzene rings is 2. The third-order valence-electron chi connectivity index (χ3n) is 4.64. The normalized spacial score (nSPS) is 13.9. The molecule has 0 saturated heterocycles. The number of hydrogen-bond donors (Lipinski definition) is 0. The predicted octanol–water partition coefficient (Wildman–Crippen LogP) is 5.21. The molecule has 5 nitrogen and oxygen atoms in total. The van der Waals surface area contributed by atoms with Gasteiger partial charge in [0.2, 0.25) is 5.78 Å². The highest BCUT2D eigenvalue weighted by Gasteiger charge is 2.30. The molecule has 29 heavy (non-hydrogen) atoms. The first-order chi connectivity index (χ1) is 14.0. The molecule has 1 aliphatic heterocycles. The van der Waals surface area contributed by atoms with Crippen LogP contribution < -0.4 is 14.2 Å². The number of methoxy groups -OCH3 is 1. The molecule has 146 valence electrons. The molecule has 1 aromatic heterocycles. The first kappa shape index (κ1) is 19.0. The van der Waals surface area contributed by atoms with Gasteiger partial charge in [-0.25, -0.2) is 4.79 Å². The van der Waals surface area contributed by atoms with Gasteiger partial charge in [0, 0.05) is 17.0 Å². The molecule has 4 rings (SSSR count). The molecule has 6 heteroatoms. The first-order valence-electron chi connectivity index (χ1n) is 8.96. The molecule has 0 saturated carbocycles. The van der Waals surface area contributed by atoms with Crippen molar-refractivity contribution in [2.75, 3.05) is 7.11 Å². The number of ketones is 1. The van der Waals surface area contributed by atoms with Gasteiger partial charge < -0.3 is 14.2 Å². The Kier molecular flexibility index (Phi) is 4.94. The summed E-state index contributed by atoms with van der Waals surface area (Å²) >= 11 is 1.54. The van der Waals surface area contributed by atoms with Gasteiger partial charge in [-0.15, -0.1) is 11.3 Å². The van der Waals surface area contributed by atoms with Gasteiger partial charge in [0.25, 0.3) is 0 Å². The Morgan fingerprint density at radius 2 is 1.90 bits per heavy atom. The van der Waals surface area contributed by atoms with E-state index < -0.39 is 5.97 Å². The number of thiophene rings is 1. The van der Waals surface area contributed by atoms with Gasteiger partial charge >= 0.3 is 5.97 Å². The Bertz CT molecular complexity index is 1160. The Balaban J connectivity index is 1.63. The third kappa shape index (κ3) is 3.54. The lowest BCUT2D eigenvalue weighted by molar-refractivity contribution is 0.0731. The predicted molar refractivity (Wildman–Crippen MR) is 111 cm³/mol. The minimum atomic E-state index is -0.545. The van der Waals surface area contributed by atoms with E-state index >= 15 is 0 Å². The molecule has 0 unspecified atom stereocenters. The van der Waals surface area contributed by atoms with E-state index in [2.05, 4.69) is 0 Å². The number of esters is 1. The van der Waals surface area contributed by atoms with Crippen LogP contribution >= 0.6 is 11.3 Å². The van der Waals surface area contributed by atoms with Gasteiger partial charge in [0.05, 0.1) is 12.7 Å². The van der Waals surface area contributed by atoms with E-state index in [0.717, 1.165) is 10.4 Å². The van der Waals surface area contributed by atoms with E-state index in [-0.39, 0.29) is 11.5 Å². The number of rotatable bonds is 4. The third-order valence-corrected chi connectivity index (χ3v) is 5.61. The second-order valence-corrected chi connectivity index (χ2v) is 7.56. The second-order valence-electron chi connectivity index (χ2n) is 6.61. The summed E-state index contributed by atoms with van der Waals surface area (Å²) in [5.74, 6) is 0.668. The zero-order valence-corrected chi connectivity index (χ0v) is 17.0. The lowest BCUT2D eigenvalue weighted by Gasteiger charge is -2.10. The number of carbonyl (C=O) groups excluding carboxylic acids is 2. The average molecular weight is 406 g/mol. The van der Waals surface area contributed by atoms with Crippen molar-refractivity contribution in [2.45, 2.75) is 13.8 Å². The highest BCUT2D eigenvalue weighted by Crippen LogP contribution is 2.38. The van der Waals surface area contributed by atoms with Crippen molar-refractivity contribution in [1.82, 2.24) is 0 Å². The summed E-state index contributed by atoms with van der Waals surface area (Å²) in [6.07, 6.45) is 1.75. The number of carbonyl (C=O) groups is 2. The molecule has 0 radical (unpaired) electrons. The molecular formula is C23H18O5S. The van der Waals surface area contributed by atoms with E-state index in [0.29, 0.717) is 33.9 Å². The average Bonchev–Trinajstić information content (AvgIpc) is 3.25. The lowest BCUT2D eigenvalue weighted by atomic mass is 10.0. The SMILES string of the molecule is COc1ccccc1C(=O)Oc1cc(C)c2c(c1)O/C(=C\c1sccc1C)C2=O. The maximum absolute atomic E-state index is 12.8. The molecule has 0 N–H and O–H groups in total. The number of fused-ring (bicyclic) bond motifs is 1. The molecule has 0 atom stereocenters. The fourth-order valence-corrected chi connectivity index (χ4v) is 4.01. The standard InChI is InChI=1S/C23H18O5S/c1-13-8-9-29-20(13)12-19-22(24)21-14(2)10-15(11-18(21)28-19)27-23(25)16-6-4-5-7-17(16)26-3/h4-12H,1-3H3/b19-12-. The molecule has 0 aliphatic carbocycles. The molecule has 2 heterocycles. The largest absolute Gasteiger partial charge is 0.496 e. The van der Waals surface area contributed by atoms with E-state index in [4.69, 9.17) is 14.2 Å². The molecule has 0 spiro atoms. The van der Waals surface area contributed by atoms with Crippen LogP contribution in [0.1, 0.15) is 36.7 Å². The lowest BCUT2D eigenvalue weighted by Crippen LogP contribution is -2.10. The Morgan fingerprint density at radius 1 is 1.10 bits per heavy atom. The zero-order chi connectivity index (χ0) is 20.5. The number of Topliss-reactive ketones (excluding diaryl/α,β-unsaturated/α-hetero) is 1. The molecule has 1 aliphatic rings. The monoisotopic (exact) mass is 406 g/mol. The van der Waals surface area contributed by atoms with Gasteiger partial charge in [0.1, 0.15) is 22.8 Å². The van der Waals surface area contributed by atoms with Crippen molar-refractivity contribution in [3.63, 3.8) is 0 Å². The highest BCUT2D eigenvalue weighted by atomic mass is 32.1. The Morgan fingerprint density at radius 3 is 2.62 bits per heavy atom. The number of ether oxygens (including phenoxy) is 3. The molecular weight excluding hydrogens is 388 g/mol. The number of aryl methyl sites for hydroxylation is 2. The molecule has 0 fully saturated rings. The summed E-state index contributed by atoms with van der Waals surface area (Å²) in [5.41, 5.74) is 2.57.